The largest absolute Gasteiger partial charge is 0.399 e. The van der Waals surface area contributed by atoms with E-state index in [-0.39, 0.29) is 0 Å². The number of nitriles is 1. The minimum absolute atomic E-state index is 0.490. The Balaban J connectivity index is 2.37. The summed E-state index contributed by atoms with van der Waals surface area (Å²) in [6.45, 7) is 0. The van der Waals surface area contributed by atoms with Gasteiger partial charge in [-0.15, -0.1) is 0 Å². The van der Waals surface area contributed by atoms with Crippen LogP contribution in [0.1, 0.15) is 5.56 Å². The maximum Gasteiger partial charge on any atom is 0.101 e. The highest BCUT2D eigenvalue weighted by Crippen LogP contribution is 2.29. The average Bonchev–Trinajstić information content (AvgIpc) is 2.34. The number of nitrogens with zero attached hydrogens (tertiary/aromatic N) is 1. The van der Waals surface area contributed by atoms with Gasteiger partial charge in [-0.3, -0.25) is 0 Å². The maximum absolute atomic E-state index is 9.05. The smallest absolute Gasteiger partial charge is 0.101 e. The highest BCUT2D eigenvalue weighted by Gasteiger charge is 2.06. The third kappa shape index (κ3) is 2.86. The number of anilines is 3. The number of rotatable bonds is 2. The van der Waals surface area contributed by atoms with Gasteiger partial charge in [-0.2, -0.15) is 5.26 Å². The molecule has 18 heavy (non-hydrogen) atoms. The average molecular weight is 370 g/mol. The van der Waals surface area contributed by atoms with Crippen molar-refractivity contribution in [1.29, 1.82) is 5.26 Å². The molecule has 0 unspecified atom stereocenters. The van der Waals surface area contributed by atoms with Gasteiger partial charge in [0.1, 0.15) is 6.07 Å². The summed E-state index contributed by atoms with van der Waals surface area (Å²) in [5.74, 6) is 0. The zero-order valence-electron chi connectivity index (χ0n) is 9.24. The third-order valence-electron chi connectivity index (χ3n) is 2.36. The number of halogens is 2. The lowest BCUT2D eigenvalue weighted by Crippen LogP contribution is -1.96. The van der Waals surface area contributed by atoms with E-state index in [1.54, 1.807) is 18.2 Å². The monoisotopic (exact) mass is 369 g/mol. The van der Waals surface area contributed by atoms with E-state index in [4.69, 9.17) is 22.6 Å². The fourth-order valence-electron chi connectivity index (χ4n) is 1.50. The molecule has 2 aromatic carbocycles. The molecule has 0 spiro atoms. The fraction of sp³-hybridized carbons (Fsp3) is 0. The first-order valence-electron chi connectivity index (χ1n) is 5.12. The van der Waals surface area contributed by atoms with Crippen molar-refractivity contribution in [3.05, 3.63) is 50.6 Å². The standard InChI is InChI=1S/C13H9ClIN3/c14-11-6-9(15)1-3-13(11)18-12-4-2-10(17)5-8(12)7-16/h1-6,18H,17H2. The lowest BCUT2D eigenvalue weighted by Gasteiger charge is -2.10. The number of benzene rings is 2. The third-order valence-corrected chi connectivity index (χ3v) is 3.35. The molecule has 90 valence electrons. The highest BCUT2D eigenvalue weighted by molar-refractivity contribution is 14.1. The van der Waals surface area contributed by atoms with E-state index < -0.39 is 0 Å². The predicted molar refractivity (Wildman–Crippen MR) is 83.0 cm³/mol. The Morgan fingerprint density at radius 1 is 1.17 bits per heavy atom. The summed E-state index contributed by atoms with van der Waals surface area (Å²) in [7, 11) is 0. The molecule has 3 N–H and O–H groups in total. The van der Waals surface area contributed by atoms with E-state index in [1.807, 2.05) is 18.2 Å². The lowest BCUT2D eigenvalue weighted by atomic mass is 10.1. The number of nitrogen functional groups attached to an aromatic ring is 1. The number of hydrogen-bond donors (Lipinski definition) is 2. The van der Waals surface area contributed by atoms with Crippen molar-refractivity contribution in [3.63, 3.8) is 0 Å². The molecule has 0 amide bonds. The van der Waals surface area contributed by atoms with Crippen molar-refractivity contribution in [1.82, 2.24) is 0 Å². The molecule has 0 aliphatic rings. The first kappa shape index (κ1) is 13.0. The fourth-order valence-corrected chi connectivity index (χ4v) is 2.40. The van der Waals surface area contributed by atoms with Gasteiger partial charge in [0, 0.05) is 9.26 Å². The summed E-state index contributed by atoms with van der Waals surface area (Å²) < 4.78 is 1.06. The molecule has 0 aliphatic heterocycles. The van der Waals surface area contributed by atoms with Gasteiger partial charge in [-0.25, -0.2) is 0 Å². The van der Waals surface area contributed by atoms with E-state index in [9.17, 15) is 0 Å². The molecule has 2 rings (SSSR count). The Morgan fingerprint density at radius 3 is 2.56 bits per heavy atom. The molecular weight excluding hydrogens is 361 g/mol. The van der Waals surface area contributed by atoms with Crippen LogP contribution in [0.15, 0.2) is 36.4 Å². The van der Waals surface area contributed by atoms with Crippen molar-refractivity contribution in [2.45, 2.75) is 0 Å². The summed E-state index contributed by atoms with van der Waals surface area (Å²) >= 11 is 8.32. The van der Waals surface area contributed by atoms with Crippen LogP contribution in [0.25, 0.3) is 0 Å². The van der Waals surface area contributed by atoms with E-state index >= 15 is 0 Å². The zero-order chi connectivity index (χ0) is 13.1. The summed E-state index contributed by atoms with van der Waals surface area (Å²) in [4.78, 5) is 0. The van der Waals surface area contributed by atoms with Crippen LogP contribution in [0.5, 0.6) is 0 Å². The second kappa shape index (κ2) is 5.46. The van der Waals surface area contributed by atoms with Gasteiger partial charge in [-0.05, 0) is 59.0 Å². The van der Waals surface area contributed by atoms with Crippen molar-refractivity contribution < 1.29 is 0 Å². The molecule has 0 heterocycles. The summed E-state index contributed by atoms with van der Waals surface area (Å²) in [6.07, 6.45) is 0. The molecule has 0 saturated carbocycles. The Morgan fingerprint density at radius 2 is 1.89 bits per heavy atom. The van der Waals surface area contributed by atoms with Crippen LogP contribution in [0.4, 0.5) is 17.1 Å². The SMILES string of the molecule is N#Cc1cc(N)ccc1Nc1ccc(I)cc1Cl. The normalized spacial score (nSPS) is 9.83. The zero-order valence-corrected chi connectivity index (χ0v) is 12.2. The summed E-state index contributed by atoms with van der Waals surface area (Å²) in [5.41, 5.74) is 8.14. The Labute approximate surface area is 124 Å². The van der Waals surface area contributed by atoms with Crippen molar-refractivity contribution in [2.24, 2.45) is 0 Å². The lowest BCUT2D eigenvalue weighted by molar-refractivity contribution is 1.46. The molecule has 0 atom stereocenters. The highest BCUT2D eigenvalue weighted by atomic mass is 127. The maximum atomic E-state index is 9.05. The van der Waals surface area contributed by atoms with Crippen LogP contribution >= 0.6 is 34.2 Å². The van der Waals surface area contributed by atoms with E-state index in [0.717, 1.165) is 9.26 Å². The molecule has 3 nitrogen and oxygen atoms in total. The van der Waals surface area contributed by atoms with Gasteiger partial charge in [-0.1, -0.05) is 11.6 Å². The van der Waals surface area contributed by atoms with Gasteiger partial charge >= 0.3 is 0 Å². The molecule has 0 saturated heterocycles. The van der Waals surface area contributed by atoms with Gasteiger partial charge < -0.3 is 11.1 Å². The topological polar surface area (TPSA) is 61.8 Å². The summed E-state index contributed by atoms with van der Waals surface area (Å²) in [6, 6.07) is 12.9. The van der Waals surface area contributed by atoms with E-state index in [2.05, 4.69) is 34.0 Å². The van der Waals surface area contributed by atoms with Gasteiger partial charge in [0.15, 0.2) is 0 Å². The Kier molecular flexibility index (Phi) is 3.94. The molecular formula is C13H9ClIN3. The molecule has 0 fully saturated rings. The molecule has 0 radical (unpaired) electrons. The first-order chi connectivity index (χ1) is 8.60. The van der Waals surface area contributed by atoms with Crippen molar-refractivity contribution in [2.75, 3.05) is 11.1 Å². The number of nitrogens with two attached hydrogens (primary N) is 1. The number of nitrogens with one attached hydrogen (secondary N) is 1. The Bertz CT molecular complexity index is 635. The van der Waals surface area contributed by atoms with Crippen LogP contribution < -0.4 is 11.1 Å². The first-order valence-corrected chi connectivity index (χ1v) is 6.57. The molecule has 0 aromatic heterocycles. The number of hydrogen-bond acceptors (Lipinski definition) is 3. The van der Waals surface area contributed by atoms with Crippen LogP contribution in [0.3, 0.4) is 0 Å². The van der Waals surface area contributed by atoms with E-state index in [1.165, 1.54) is 0 Å². The van der Waals surface area contributed by atoms with Gasteiger partial charge in [0.2, 0.25) is 0 Å². The summed E-state index contributed by atoms with van der Waals surface area (Å²) in [5, 5.41) is 12.8. The molecule has 0 aliphatic carbocycles. The quantitative estimate of drug-likeness (QED) is 0.618. The van der Waals surface area contributed by atoms with Gasteiger partial charge in [0.25, 0.3) is 0 Å². The Hall–Kier alpha value is -1.45. The minimum Gasteiger partial charge on any atom is -0.399 e. The van der Waals surface area contributed by atoms with Crippen LogP contribution in [-0.4, -0.2) is 0 Å². The second-order valence-corrected chi connectivity index (χ2v) is 5.32. The second-order valence-electron chi connectivity index (χ2n) is 3.67. The predicted octanol–water partition coefficient (Wildman–Crippen LogP) is 4.14. The van der Waals surface area contributed by atoms with Gasteiger partial charge in [0.05, 0.1) is 22.0 Å². The molecule has 5 heteroatoms. The minimum atomic E-state index is 0.490. The van der Waals surface area contributed by atoms with E-state index in [0.29, 0.717) is 22.0 Å². The van der Waals surface area contributed by atoms with Crippen molar-refractivity contribution in [3.8, 4) is 6.07 Å². The van der Waals surface area contributed by atoms with Crippen molar-refractivity contribution >= 4 is 51.3 Å². The molecule has 0 bridgehead atoms. The van der Waals surface area contributed by atoms with Crippen LogP contribution in [0, 0.1) is 14.9 Å². The molecule has 2 aromatic rings. The van der Waals surface area contributed by atoms with Crippen LogP contribution in [0.2, 0.25) is 5.02 Å². The van der Waals surface area contributed by atoms with Crippen LogP contribution in [-0.2, 0) is 0 Å².